The van der Waals surface area contributed by atoms with Crippen LogP contribution < -0.4 is 10.2 Å². The van der Waals surface area contributed by atoms with Gasteiger partial charge in [0.15, 0.2) is 0 Å². The Morgan fingerprint density at radius 3 is 2.68 bits per heavy atom. The second-order valence-electron chi connectivity index (χ2n) is 9.29. The van der Waals surface area contributed by atoms with Crippen LogP contribution in [0, 0.1) is 0 Å². The zero-order valence-electron chi connectivity index (χ0n) is 20.5. The molecule has 1 atom stereocenters. The number of hydrogen-bond acceptors (Lipinski definition) is 9. The summed E-state index contributed by atoms with van der Waals surface area (Å²) in [6.07, 6.45) is -1.56. The maximum Gasteiger partial charge on any atom is 0.412 e. The van der Waals surface area contributed by atoms with Crippen LogP contribution in [0.5, 0.6) is 0 Å². The Balaban J connectivity index is 1.62. The molecule has 2 N–H and O–H groups in total. The van der Waals surface area contributed by atoms with Crippen LogP contribution in [-0.2, 0) is 27.2 Å². The number of nitrogens with one attached hydrogen (secondary N) is 1. The molecule has 3 aromatic heterocycles. The lowest BCUT2D eigenvalue weighted by molar-refractivity contribution is -0.137. The predicted octanol–water partition coefficient (Wildman–Crippen LogP) is 5.16. The summed E-state index contributed by atoms with van der Waals surface area (Å²) in [6, 6.07) is 2.89. The number of amides is 3. The fourth-order valence-electron chi connectivity index (χ4n) is 3.73. The first-order valence-corrected chi connectivity index (χ1v) is 14.7. The van der Waals surface area contributed by atoms with E-state index < -0.39 is 23.8 Å². The minimum atomic E-state index is -1.07. The van der Waals surface area contributed by atoms with Crippen LogP contribution in [0.4, 0.5) is 14.6 Å². The van der Waals surface area contributed by atoms with Crippen LogP contribution in [0.25, 0.3) is 10.2 Å². The first-order chi connectivity index (χ1) is 17.5. The molecule has 3 aromatic rings. The Kier molecular flexibility index (Phi) is 8.74. The van der Waals surface area contributed by atoms with Crippen molar-refractivity contribution in [1.29, 1.82) is 0 Å². The number of alkyl carbamates (subject to hydrolysis) is 1. The number of aromatic nitrogens is 1. The van der Waals surface area contributed by atoms with E-state index in [1.54, 1.807) is 25.7 Å². The molecule has 0 aromatic carbocycles. The highest BCUT2D eigenvalue weighted by Gasteiger charge is 2.32. The number of thiophene rings is 2. The smallest absolute Gasteiger partial charge is 0.412 e. The summed E-state index contributed by atoms with van der Waals surface area (Å²) in [6.45, 7) is 7.23. The number of halogens is 1. The first kappa shape index (κ1) is 27.8. The molecule has 0 aliphatic carbocycles. The highest BCUT2D eigenvalue weighted by atomic mass is 79.9. The largest absolute Gasteiger partial charge is 0.465 e. The molecule has 3 amide bonds. The van der Waals surface area contributed by atoms with Gasteiger partial charge in [-0.05, 0) is 59.7 Å². The Hall–Kier alpha value is -2.26. The average molecular weight is 632 g/mol. The van der Waals surface area contributed by atoms with E-state index in [9.17, 15) is 19.5 Å². The van der Waals surface area contributed by atoms with Crippen LogP contribution in [-0.4, -0.2) is 70.4 Å². The number of carbonyl (C=O) groups excluding carboxylic acids is 2. The monoisotopic (exact) mass is 630 g/mol. The van der Waals surface area contributed by atoms with Gasteiger partial charge in [-0.2, -0.15) is 4.37 Å². The summed E-state index contributed by atoms with van der Waals surface area (Å²) in [5, 5.41) is 15.1. The summed E-state index contributed by atoms with van der Waals surface area (Å²) < 4.78 is 16.7. The van der Waals surface area contributed by atoms with Gasteiger partial charge in [-0.25, -0.2) is 9.59 Å². The summed E-state index contributed by atoms with van der Waals surface area (Å²) in [5.74, 6) is -0.227. The van der Waals surface area contributed by atoms with Crippen molar-refractivity contribution in [3.8, 4) is 0 Å². The summed E-state index contributed by atoms with van der Waals surface area (Å²) in [4.78, 5) is 42.8. The third-order valence-electron chi connectivity index (χ3n) is 5.38. The Labute approximate surface area is 234 Å². The molecule has 1 aliphatic heterocycles. The third kappa shape index (κ3) is 6.79. The van der Waals surface area contributed by atoms with Crippen LogP contribution in [0.15, 0.2) is 22.0 Å². The minimum Gasteiger partial charge on any atom is -0.465 e. The van der Waals surface area contributed by atoms with Crippen molar-refractivity contribution in [2.75, 3.05) is 31.2 Å². The molecule has 1 fully saturated rings. The van der Waals surface area contributed by atoms with E-state index in [2.05, 4.69) is 25.6 Å². The molecule has 1 saturated heterocycles. The van der Waals surface area contributed by atoms with Crippen LogP contribution >= 0.6 is 50.1 Å². The number of nitrogens with zero attached hydrogens (tertiary/aromatic N) is 3. The van der Waals surface area contributed by atoms with Gasteiger partial charge < -0.3 is 24.8 Å². The van der Waals surface area contributed by atoms with Crippen molar-refractivity contribution in [1.82, 2.24) is 14.6 Å². The van der Waals surface area contributed by atoms with E-state index >= 15 is 0 Å². The maximum absolute atomic E-state index is 13.4. The summed E-state index contributed by atoms with van der Waals surface area (Å²) >= 11 is 7.56. The van der Waals surface area contributed by atoms with E-state index in [0.29, 0.717) is 46.0 Å². The van der Waals surface area contributed by atoms with Gasteiger partial charge in [0.1, 0.15) is 22.2 Å². The molecule has 10 nitrogen and oxygen atoms in total. The number of carbonyl (C=O) groups is 3. The van der Waals surface area contributed by atoms with E-state index in [-0.39, 0.29) is 18.9 Å². The number of morpholine rings is 1. The SMILES string of the molecule is CC(C)(C)OC(=O)NC(Cc1sc2c(N(Cc3cccs3)C(=O)O)snc2c1Br)C(=O)N1CCOCC1. The van der Waals surface area contributed by atoms with Crippen molar-refractivity contribution in [3.05, 3.63) is 31.7 Å². The molecule has 1 aliphatic rings. The molecule has 4 heterocycles. The van der Waals surface area contributed by atoms with E-state index in [0.717, 1.165) is 21.3 Å². The van der Waals surface area contributed by atoms with Gasteiger partial charge in [-0.3, -0.25) is 9.69 Å². The molecule has 1 unspecified atom stereocenters. The molecule has 0 spiro atoms. The fourth-order valence-corrected chi connectivity index (χ4v) is 7.57. The lowest BCUT2D eigenvalue weighted by Gasteiger charge is -2.31. The van der Waals surface area contributed by atoms with E-state index in [1.165, 1.54) is 27.6 Å². The van der Waals surface area contributed by atoms with E-state index in [4.69, 9.17) is 9.47 Å². The molecule has 200 valence electrons. The lowest BCUT2D eigenvalue weighted by atomic mass is 10.1. The Morgan fingerprint density at radius 1 is 1.32 bits per heavy atom. The lowest BCUT2D eigenvalue weighted by Crippen LogP contribution is -2.53. The second kappa shape index (κ2) is 11.6. The molecule has 0 bridgehead atoms. The number of ether oxygens (including phenoxy) is 2. The second-order valence-corrected chi connectivity index (χ2v) is 13.0. The van der Waals surface area contributed by atoms with Gasteiger partial charge >= 0.3 is 12.2 Å². The molecule has 0 radical (unpaired) electrons. The average Bonchev–Trinajstić information content (AvgIpc) is 3.55. The minimum absolute atomic E-state index is 0.194. The standard InChI is InChI=1S/C23H27BrN4O6S3/c1-23(2,3)34-21(30)25-14(19(29)27-6-8-33-9-7-27)11-15-16(24)17-18(36-15)20(37-26-17)28(22(31)32)12-13-5-4-10-35-13/h4-5,10,14H,6-9,11-12H2,1-3H3,(H,25,30)(H,31,32). The van der Waals surface area contributed by atoms with Gasteiger partial charge in [0.25, 0.3) is 0 Å². The molecule has 37 heavy (non-hydrogen) atoms. The molecule has 4 rings (SSSR count). The fraction of sp³-hybridized carbons (Fsp3) is 0.478. The van der Waals surface area contributed by atoms with Crippen molar-refractivity contribution in [3.63, 3.8) is 0 Å². The molecular weight excluding hydrogens is 604 g/mol. The quantitative estimate of drug-likeness (QED) is 0.370. The number of rotatable bonds is 7. The van der Waals surface area contributed by atoms with Gasteiger partial charge in [0.2, 0.25) is 5.91 Å². The first-order valence-electron chi connectivity index (χ1n) is 11.5. The molecule has 14 heteroatoms. The third-order valence-corrected chi connectivity index (χ3v) is 9.57. The zero-order chi connectivity index (χ0) is 26.7. The van der Waals surface area contributed by atoms with Crippen LogP contribution in [0.1, 0.15) is 30.5 Å². The zero-order valence-corrected chi connectivity index (χ0v) is 24.5. The van der Waals surface area contributed by atoms with Crippen molar-refractivity contribution in [2.24, 2.45) is 0 Å². The summed E-state index contributed by atoms with van der Waals surface area (Å²) in [7, 11) is 0. The number of anilines is 1. The predicted molar refractivity (Wildman–Crippen MR) is 148 cm³/mol. The highest BCUT2D eigenvalue weighted by molar-refractivity contribution is 9.10. The van der Waals surface area contributed by atoms with Gasteiger partial charge in [-0.1, -0.05) is 6.07 Å². The van der Waals surface area contributed by atoms with Crippen molar-refractivity contribution >= 4 is 83.4 Å². The Morgan fingerprint density at radius 2 is 2.05 bits per heavy atom. The highest BCUT2D eigenvalue weighted by Crippen LogP contribution is 2.44. The van der Waals surface area contributed by atoms with Gasteiger partial charge in [0.05, 0.1) is 28.9 Å². The van der Waals surface area contributed by atoms with Crippen LogP contribution in [0.3, 0.4) is 0 Å². The topological polar surface area (TPSA) is 121 Å². The van der Waals surface area contributed by atoms with Crippen molar-refractivity contribution in [2.45, 2.75) is 45.4 Å². The number of hydrogen-bond donors (Lipinski definition) is 2. The van der Waals surface area contributed by atoms with Crippen molar-refractivity contribution < 1.29 is 29.0 Å². The molecule has 0 saturated carbocycles. The van der Waals surface area contributed by atoms with Gasteiger partial charge in [-0.15, -0.1) is 22.7 Å². The number of carboxylic acid groups (broad SMARTS) is 1. The van der Waals surface area contributed by atoms with Crippen LogP contribution in [0.2, 0.25) is 0 Å². The molecular formula is C23H27BrN4O6S3. The summed E-state index contributed by atoms with van der Waals surface area (Å²) in [5.41, 5.74) is -0.0864. The Bertz CT molecular complexity index is 1260. The van der Waals surface area contributed by atoms with E-state index in [1.807, 2.05) is 17.5 Å². The normalized spacial score (nSPS) is 15.0. The number of fused-ring (bicyclic) bond motifs is 1. The maximum atomic E-state index is 13.4. The van der Waals surface area contributed by atoms with Gasteiger partial charge in [0, 0.05) is 29.3 Å².